The number of fused-ring (bicyclic) bond motifs is 5. The van der Waals surface area contributed by atoms with E-state index in [4.69, 9.17) is 0 Å². The van der Waals surface area contributed by atoms with Crippen LogP contribution in [0.3, 0.4) is 0 Å². The summed E-state index contributed by atoms with van der Waals surface area (Å²) in [7, 11) is 0. The van der Waals surface area contributed by atoms with E-state index in [2.05, 4.69) is 303 Å². The van der Waals surface area contributed by atoms with Crippen LogP contribution in [0.25, 0.3) is 111 Å². The smallest absolute Gasteiger partial charge is 0.0622 e. The molecule has 75 heavy (non-hydrogen) atoms. The lowest BCUT2D eigenvalue weighted by atomic mass is 9.64. The lowest BCUT2D eigenvalue weighted by Crippen LogP contribution is -2.30. The Morgan fingerprint density at radius 1 is 0.160 bits per heavy atom. The highest BCUT2D eigenvalue weighted by atomic mass is 14.5. The first-order valence-corrected chi connectivity index (χ1v) is 26.1. The summed E-state index contributed by atoms with van der Waals surface area (Å²) < 4.78 is 0. The van der Waals surface area contributed by atoms with Crippen LogP contribution in [0.1, 0.15) is 22.3 Å². The molecule has 0 heterocycles. The van der Waals surface area contributed by atoms with Crippen molar-refractivity contribution in [1.82, 2.24) is 0 Å². The van der Waals surface area contributed by atoms with Gasteiger partial charge in [-0.3, -0.25) is 0 Å². The highest BCUT2D eigenvalue weighted by Crippen LogP contribution is 2.60. The fourth-order valence-electron chi connectivity index (χ4n) is 12.5. The van der Waals surface area contributed by atoms with Crippen LogP contribution in [0.5, 0.6) is 0 Å². The highest BCUT2D eigenvalue weighted by molar-refractivity contribution is 6.21. The van der Waals surface area contributed by atoms with E-state index in [9.17, 15) is 0 Å². The quantitative estimate of drug-likeness (QED) is 0.127. The molecule has 0 fully saturated rings. The topological polar surface area (TPSA) is 0 Å². The van der Waals surface area contributed by atoms with Gasteiger partial charge in [-0.2, -0.15) is 0 Å². The molecule has 0 bridgehead atoms. The Bertz CT molecular complexity index is 4050. The Hall–Kier alpha value is -9.62. The van der Waals surface area contributed by atoms with E-state index in [0.29, 0.717) is 0 Å². The first kappa shape index (κ1) is 44.1. The van der Waals surface area contributed by atoms with Gasteiger partial charge in [0.05, 0.1) is 5.41 Å². The van der Waals surface area contributed by atoms with Gasteiger partial charge in [-0.1, -0.05) is 279 Å². The van der Waals surface area contributed by atoms with Crippen molar-refractivity contribution in [2.45, 2.75) is 5.41 Å². The molecular formula is C75H50. The van der Waals surface area contributed by atoms with E-state index in [1.165, 1.54) is 133 Å². The molecule has 0 saturated heterocycles. The minimum atomic E-state index is -0.684. The molecule has 0 saturated carbocycles. The van der Waals surface area contributed by atoms with Crippen molar-refractivity contribution in [3.63, 3.8) is 0 Å². The first-order chi connectivity index (χ1) is 37.2. The van der Waals surface area contributed by atoms with Gasteiger partial charge in [0.25, 0.3) is 0 Å². The Morgan fingerprint density at radius 3 is 0.893 bits per heavy atom. The van der Waals surface area contributed by atoms with Crippen LogP contribution in [0.4, 0.5) is 0 Å². The van der Waals surface area contributed by atoms with Gasteiger partial charge < -0.3 is 0 Å². The fourth-order valence-corrected chi connectivity index (χ4v) is 12.5. The van der Waals surface area contributed by atoms with Gasteiger partial charge in [0.1, 0.15) is 0 Å². The molecular weight excluding hydrogens is 901 g/mol. The second-order valence-electron chi connectivity index (χ2n) is 19.8. The van der Waals surface area contributed by atoms with Crippen LogP contribution >= 0.6 is 0 Å². The SMILES string of the molecule is c1ccc(-c2cc(-c3ccccc3)cc(-c3ccc(-c4c5ccccc5c(-c5ccc6c(c5)C(c5ccccc5-c5ccccc5)(c5ccccc5-c5ccccc5)c5ccccc5-6)c5ccccc45)cc3)c2)cc1. The van der Waals surface area contributed by atoms with Gasteiger partial charge in [-0.15, -0.1) is 0 Å². The zero-order valence-corrected chi connectivity index (χ0v) is 41.4. The molecule has 1 aliphatic carbocycles. The summed E-state index contributed by atoms with van der Waals surface area (Å²) in [5.41, 5.74) is 23.9. The molecule has 13 aromatic rings. The summed E-state index contributed by atoms with van der Waals surface area (Å²) in [6.45, 7) is 0. The van der Waals surface area contributed by atoms with Crippen molar-refractivity contribution in [3.8, 4) is 89.0 Å². The third kappa shape index (κ3) is 7.37. The number of hydrogen-bond acceptors (Lipinski definition) is 0. The zero-order chi connectivity index (χ0) is 49.7. The summed E-state index contributed by atoms with van der Waals surface area (Å²) in [5.74, 6) is 0. The molecule has 1 aliphatic rings. The summed E-state index contributed by atoms with van der Waals surface area (Å²) in [4.78, 5) is 0. The van der Waals surface area contributed by atoms with Crippen molar-refractivity contribution in [2.24, 2.45) is 0 Å². The molecule has 0 amide bonds. The first-order valence-electron chi connectivity index (χ1n) is 26.1. The molecule has 350 valence electrons. The van der Waals surface area contributed by atoms with E-state index in [1.54, 1.807) is 0 Å². The van der Waals surface area contributed by atoms with Crippen LogP contribution in [0.15, 0.2) is 303 Å². The summed E-state index contributed by atoms with van der Waals surface area (Å²) in [5, 5.41) is 4.92. The minimum Gasteiger partial charge on any atom is -0.0622 e. The molecule has 0 nitrogen and oxygen atoms in total. The van der Waals surface area contributed by atoms with Crippen molar-refractivity contribution in [2.75, 3.05) is 0 Å². The highest BCUT2D eigenvalue weighted by Gasteiger charge is 2.48. The van der Waals surface area contributed by atoms with Crippen molar-refractivity contribution in [1.29, 1.82) is 0 Å². The van der Waals surface area contributed by atoms with Crippen molar-refractivity contribution >= 4 is 21.5 Å². The average molecular weight is 951 g/mol. The molecule has 14 rings (SSSR count). The molecule has 0 heteroatoms. The average Bonchev–Trinajstić information content (AvgIpc) is 3.82. The number of rotatable bonds is 9. The van der Waals surface area contributed by atoms with E-state index < -0.39 is 5.41 Å². The lowest BCUT2D eigenvalue weighted by molar-refractivity contribution is 0.773. The monoisotopic (exact) mass is 950 g/mol. The molecule has 0 spiro atoms. The lowest BCUT2D eigenvalue weighted by Gasteiger charge is -2.37. The molecule has 13 aromatic carbocycles. The Labute approximate surface area is 439 Å². The largest absolute Gasteiger partial charge is 0.0725 e. The Morgan fingerprint density at radius 2 is 0.453 bits per heavy atom. The standard InChI is InChI=1S/C75H50/c1-5-23-51(24-6-1)58-47-59(52-25-7-2-8-26-52)49-60(48-58)53-41-43-56(44-42-53)73-65-34-13-15-36-67(65)74(68-37-16-14-35-66(68)73)57-45-46-64-63-33-19-22-40-71(63)75(72(64)50-57,69-38-20-17-31-61(69)54-27-9-3-10-28-54)70-39-21-18-32-62(70)55-29-11-4-12-30-55/h1-50H. The van der Waals surface area contributed by atoms with Crippen LogP contribution in [-0.2, 0) is 5.41 Å². The third-order valence-electron chi connectivity index (χ3n) is 15.8. The van der Waals surface area contributed by atoms with Gasteiger partial charge in [0, 0.05) is 0 Å². The molecule has 0 aromatic heterocycles. The summed E-state index contributed by atoms with van der Waals surface area (Å²) in [6, 6.07) is 112. The maximum absolute atomic E-state index is 2.55. The molecule has 0 N–H and O–H groups in total. The third-order valence-corrected chi connectivity index (χ3v) is 15.8. The van der Waals surface area contributed by atoms with E-state index in [-0.39, 0.29) is 0 Å². The second-order valence-corrected chi connectivity index (χ2v) is 19.8. The van der Waals surface area contributed by atoms with Crippen LogP contribution < -0.4 is 0 Å². The van der Waals surface area contributed by atoms with Crippen molar-refractivity contribution in [3.05, 3.63) is 326 Å². The Balaban J connectivity index is 0.982. The minimum absolute atomic E-state index is 0.684. The Kier molecular flexibility index (Phi) is 10.9. The van der Waals surface area contributed by atoms with E-state index in [0.717, 1.165) is 0 Å². The van der Waals surface area contributed by atoms with Crippen LogP contribution in [-0.4, -0.2) is 0 Å². The van der Waals surface area contributed by atoms with Gasteiger partial charge in [-0.25, -0.2) is 0 Å². The number of hydrogen-bond donors (Lipinski definition) is 0. The fraction of sp³-hybridized carbons (Fsp3) is 0.0133. The van der Waals surface area contributed by atoms with E-state index in [1.807, 2.05) is 0 Å². The zero-order valence-electron chi connectivity index (χ0n) is 41.4. The molecule has 0 atom stereocenters. The molecule has 0 unspecified atom stereocenters. The van der Waals surface area contributed by atoms with Crippen molar-refractivity contribution < 1.29 is 0 Å². The van der Waals surface area contributed by atoms with Gasteiger partial charge >= 0.3 is 0 Å². The van der Waals surface area contributed by atoms with Gasteiger partial charge in [-0.05, 0) is 157 Å². The molecule has 0 radical (unpaired) electrons. The predicted octanol–water partition coefficient (Wildman–Crippen LogP) is 20.0. The van der Waals surface area contributed by atoms with Crippen LogP contribution in [0.2, 0.25) is 0 Å². The maximum atomic E-state index is 2.55. The summed E-state index contributed by atoms with van der Waals surface area (Å²) >= 11 is 0. The predicted molar refractivity (Wildman–Crippen MR) is 317 cm³/mol. The van der Waals surface area contributed by atoms with Gasteiger partial charge in [0.2, 0.25) is 0 Å². The van der Waals surface area contributed by atoms with E-state index >= 15 is 0 Å². The van der Waals surface area contributed by atoms with Crippen LogP contribution in [0, 0.1) is 0 Å². The maximum Gasteiger partial charge on any atom is 0.0725 e. The second kappa shape index (κ2) is 18.5. The summed E-state index contributed by atoms with van der Waals surface area (Å²) in [6.07, 6.45) is 0. The molecule has 0 aliphatic heterocycles. The number of benzene rings is 13. The normalized spacial score (nSPS) is 12.4. The van der Waals surface area contributed by atoms with Gasteiger partial charge in [0.15, 0.2) is 0 Å².